The van der Waals surface area contributed by atoms with Crippen LogP contribution in [0.3, 0.4) is 0 Å². The van der Waals surface area contributed by atoms with Crippen molar-refractivity contribution in [3.05, 3.63) is 101 Å². The molecule has 0 unspecified atom stereocenters. The van der Waals surface area contributed by atoms with Crippen LogP contribution in [0, 0.1) is 12.4 Å². The Morgan fingerprint density at radius 3 is 1.74 bits per heavy atom. The molecule has 0 atom stereocenters. The van der Waals surface area contributed by atoms with E-state index in [1.165, 1.54) is 0 Å². The Labute approximate surface area is 219 Å². The van der Waals surface area contributed by atoms with E-state index in [9.17, 15) is 39.2 Å². The lowest BCUT2D eigenvalue weighted by molar-refractivity contribution is -0.365. The van der Waals surface area contributed by atoms with Gasteiger partial charge in [0.2, 0.25) is 0 Å². The highest BCUT2D eigenvalue weighted by molar-refractivity contribution is 7.92. The van der Waals surface area contributed by atoms with E-state index in [0.717, 1.165) is 60.7 Å². The van der Waals surface area contributed by atoms with E-state index in [0.29, 0.717) is 25.0 Å². The van der Waals surface area contributed by atoms with Crippen molar-refractivity contribution in [1.29, 1.82) is 0 Å². The minimum Gasteiger partial charge on any atom is -0.464 e. The van der Waals surface area contributed by atoms with Gasteiger partial charge in [-0.05, 0) is 54.8 Å². The van der Waals surface area contributed by atoms with Crippen molar-refractivity contribution in [3.8, 4) is 5.75 Å². The zero-order valence-electron chi connectivity index (χ0n) is 20.0. The van der Waals surface area contributed by atoms with Crippen LogP contribution < -0.4 is 4.74 Å². The first-order valence-electron chi connectivity index (χ1n) is 11.6. The molecule has 3 aromatic carbocycles. The quantitative estimate of drug-likeness (QED) is 0.171. The Morgan fingerprint density at radius 2 is 1.28 bits per heavy atom. The molecule has 4 rings (SSSR count). The van der Waals surface area contributed by atoms with Crippen LogP contribution in [0.4, 0.5) is 36.4 Å². The van der Waals surface area contributed by atoms with Gasteiger partial charge in [0.25, 0.3) is 0 Å². The van der Waals surface area contributed by atoms with Crippen molar-refractivity contribution >= 4 is 15.5 Å². The molecule has 0 saturated heterocycles. The molecule has 1 aliphatic carbocycles. The molecule has 12 heteroatoms. The lowest BCUT2D eigenvalue weighted by Crippen LogP contribution is -2.58. The summed E-state index contributed by atoms with van der Waals surface area (Å²) in [5.41, 5.74) is -6.07. The number of hydrogen-bond donors (Lipinski definition) is 0. The molecule has 0 aliphatic heterocycles. The average molecular weight is 572 g/mol. The molecule has 0 N–H and O–H groups in total. The Balaban J connectivity index is 1.84. The van der Waals surface area contributed by atoms with Gasteiger partial charge >= 0.3 is 18.0 Å². The number of alkyl halides is 6. The highest BCUT2D eigenvalue weighted by Gasteiger charge is 2.74. The Hall–Kier alpha value is -3.59. The van der Waals surface area contributed by atoms with Crippen LogP contribution in [-0.4, -0.2) is 20.8 Å². The van der Waals surface area contributed by atoms with Gasteiger partial charge in [0.1, 0.15) is 16.3 Å². The fourth-order valence-corrected chi connectivity index (χ4v) is 7.15. The summed E-state index contributed by atoms with van der Waals surface area (Å²) in [6, 6.07) is 10.8. The molecule has 206 valence electrons. The van der Waals surface area contributed by atoms with E-state index in [-0.39, 0.29) is 29.0 Å². The predicted octanol–water partition coefficient (Wildman–Crippen LogP) is 8.02. The first kappa shape index (κ1) is 28.4. The summed E-state index contributed by atoms with van der Waals surface area (Å²) in [6.45, 7) is 6.91. The van der Waals surface area contributed by atoms with E-state index >= 15 is 0 Å². The van der Waals surface area contributed by atoms with Crippen molar-refractivity contribution in [3.63, 3.8) is 0 Å². The maximum Gasteiger partial charge on any atom is 0.442 e. The Morgan fingerprint density at radius 1 is 0.769 bits per heavy atom. The third-order valence-corrected chi connectivity index (χ3v) is 9.47. The molecular weight excluding hydrogens is 551 g/mol. The third-order valence-electron chi connectivity index (χ3n) is 6.90. The topological polar surface area (TPSA) is 47.7 Å². The van der Waals surface area contributed by atoms with E-state index in [1.54, 1.807) is 0 Å². The molecule has 1 aliphatic rings. The first-order chi connectivity index (χ1) is 18.2. The predicted molar refractivity (Wildman–Crippen MR) is 127 cm³/mol. The van der Waals surface area contributed by atoms with Crippen LogP contribution in [0.2, 0.25) is 0 Å². The second-order valence-corrected chi connectivity index (χ2v) is 11.4. The maximum atomic E-state index is 14.3. The van der Waals surface area contributed by atoms with Gasteiger partial charge in [0.15, 0.2) is 15.5 Å². The average Bonchev–Trinajstić information content (AvgIpc) is 3.39. The van der Waals surface area contributed by atoms with Gasteiger partial charge < -0.3 is 4.74 Å². The summed E-state index contributed by atoms with van der Waals surface area (Å²) in [5, 5.41) is 0. The van der Waals surface area contributed by atoms with Gasteiger partial charge in [-0.15, -0.1) is 0 Å². The molecule has 39 heavy (non-hydrogen) atoms. The van der Waals surface area contributed by atoms with Crippen LogP contribution in [-0.2, 0) is 20.2 Å². The maximum absolute atomic E-state index is 14.3. The van der Waals surface area contributed by atoms with Gasteiger partial charge in [-0.3, -0.25) is 0 Å². The number of ether oxygens (including phenoxy) is 1. The number of sulfone groups is 1. The zero-order valence-corrected chi connectivity index (χ0v) is 20.8. The first-order valence-corrected chi connectivity index (χ1v) is 13.1. The smallest absolute Gasteiger partial charge is 0.442 e. The molecule has 3 aromatic rings. The molecular formula is C27H20F7NO3S. The number of hydrogen-bond acceptors (Lipinski definition) is 3. The molecule has 0 spiro atoms. The minimum atomic E-state index is -5.98. The third kappa shape index (κ3) is 4.73. The molecule has 4 nitrogen and oxygen atoms in total. The lowest BCUT2D eigenvalue weighted by atomic mass is 9.88. The molecule has 0 heterocycles. The van der Waals surface area contributed by atoms with Crippen LogP contribution in [0.15, 0.2) is 77.7 Å². The lowest BCUT2D eigenvalue weighted by Gasteiger charge is -2.38. The monoisotopic (exact) mass is 571 g/mol. The second-order valence-electron chi connectivity index (χ2n) is 9.12. The van der Waals surface area contributed by atoms with Gasteiger partial charge in [0.05, 0.1) is 11.5 Å². The second kappa shape index (κ2) is 9.86. The van der Waals surface area contributed by atoms with Crippen molar-refractivity contribution in [1.82, 2.24) is 0 Å². The highest BCUT2D eigenvalue weighted by Crippen LogP contribution is 2.54. The summed E-state index contributed by atoms with van der Waals surface area (Å²) < 4.78 is 129. The largest absolute Gasteiger partial charge is 0.464 e. The fourth-order valence-electron chi connectivity index (χ4n) is 4.93. The van der Waals surface area contributed by atoms with Crippen LogP contribution in [0.1, 0.15) is 36.8 Å². The highest BCUT2D eigenvalue weighted by atomic mass is 32.2. The minimum absolute atomic E-state index is 0.0134. The van der Waals surface area contributed by atoms with Crippen molar-refractivity contribution in [2.75, 3.05) is 0 Å². The zero-order chi connectivity index (χ0) is 28.7. The van der Waals surface area contributed by atoms with E-state index in [1.807, 2.05) is 0 Å². The molecule has 0 bridgehead atoms. The summed E-state index contributed by atoms with van der Waals surface area (Å²) >= 11 is 0. The fraction of sp³-hybridized carbons (Fsp3) is 0.296. The Kier molecular flexibility index (Phi) is 7.19. The number of rotatable bonds is 6. The Bertz CT molecular complexity index is 1450. The molecule has 1 saturated carbocycles. The van der Waals surface area contributed by atoms with Crippen molar-refractivity contribution < 1.29 is 43.9 Å². The van der Waals surface area contributed by atoms with Gasteiger partial charge in [-0.1, -0.05) is 49.2 Å². The summed E-state index contributed by atoms with van der Waals surface area (Å²) in [7, 11) is -4.20. The molecule has 1 fully saturated rings. The van der Waals surface area contributed by atoms with Gasteiger partial charge in [-0.2, -0.15) is 26.3 Å². The number of halogens is 7. The van der Waals surface area contributed by atoms with Crippen LogP contribution >= 0.6 is 0 Å². The van der Waals surface area contributed by atoms with E-state index in [2.05, 4.69) is 9.58 Å². The molecule has 0 radical (unpaired) electrons. The van der Waals surface area contributed by atoms with Crippen LogP contribution in [0.25, 0.3) is 4.85 Å². The van der Waals surface area contributed by atoms with Crippen LogP contribution in [0.5, 0.6) is 5.75 Å². The standard InChI is InChI=1S/C27H20F7NO3S/c1-35-21-10-12-22(13-11-21)38-25(26(29,30)31,27(32,33)34)19-6-4-18(5-7-19)24(16-2-3-17-24)39(36,37)23-14-8-20(28)9-15-23/h4-15H,2-3,16-17H2. The van der Waals surface area contributed by atoms with Gasteiger partial charge in [0, 0.05) is 5.56 Å². The molecule has 0 aromatic heterocycles. The van der Waals surface area contributed by atoms with Gasteiger partial charge in [-0.25, -0.2) is 17.7 Å². The van der Waals surface area contributed by atoms with Crippen molar-refractivity contribution in [2.24, 2.45) is 0 Å². The molecule has 0 amide bonds. The number of nitrogens with zero attached hydrogens (tertiary/aromatic N) is 1. The van der Waals surface area contributed by atoms with Crippen molar-refractivity contribution in [2.45, 2.75) is 53.3 Å². The summed E-state index contributed by atoms with van der Waals surface area (Å²) in [6.07, 6.45) is -10.9. The van der Waals surface area contributed by atoms with E-state index in [4.69, 9.17) is 6.57 Å². The SMILES string of the molecule is [C-]#[N+]c1ccc(OC(c2ccc(C3(S(=O)(=O)c4ccc(F)cc4)CCCC3)cc2)(C(F)(F)F)C(F)(F)F)cc1. The summed E-state index contributed by atoms with van der Waals surface area (Å²) in [5.74, 6) is -1.44. The number of benzene rings is 3. The normalized spacial score (nSPS) is 16.1. The summed E-state index contributed by atoms with van der Waals surface area (Å²) in [4.78, 5) is 2.84. The van der Waals surface area contributed by atoms with E-state index < -0.39 is 49.7 Å².